The van der Waals surface area contributed by atoms with E-state index in [2.05, 4.69) is 16.3 Å². The van der Waals surface area contributed by atoms with Crippen molar-refractivity contribution in [2.75, 3.05) is 0 Å². The first-order valence-corrected chi connectivity index (χ1v) is 4.31. The molecule has 0 unspecified atom stereocenters. The van der Waals surface area contributed by atoms with E-state index in [1.54, 1.807) is 0 Å². The number of rotatable bonds is 0. The lowest BCUT2D eigenvalue weighted by atomic mass is 10.0. The first kappa shape index (κ1) is 7.35. The second-order valence-corrected chi connectivity index (χ2v) is 3.30. The summed E-state index contributed by atoms with van der Waals surface area (Å²) >= 11 is 0. The molecule has 1 aromatic rings. The number of aromatic nitrogens is 2. The fraction of sp³-hybridized carbons (Fsp3) is 0.556. The molecule has 0 bridgehead atoms. The van der Waals surface area contributed by atoms with E-state index in [0.717, 1.165) is 25.7 Å². The van der Waals surface area contributed by atoms with Crippen molar-refractivity contribution in [2.24, 2.45) is 5.92 Å². The quantitative estimate of drug-likeness (QED) is 0.585. The fourth-order valence-corrected chi connectivity index (χ4v) is 1.73. The number of hydrogen-bond acceptors (Lipinski definition) is 2. The highest BCUT2D eigenvalue weighted by Gasteiger charge is 2.16. The zero-order valence-corrected chi connectivity index (χ0v) is 6.88. The SMILES string of the molecule is N#C[C@@H]1CCCc2cn[nH]c2C1. The minimum Gasteiger partial charge on any atom is -0.282 e. The van der Waals surface area contributed by atoms with Gasteiger partial charge in [-0.1, -0.05) is 0 Å². The van der Waals surface area contributed by atoms with Gasteiger partial charge in [-0.2, -0.15) is 10.4 Å². The second kappa shape index (κ2) is 2.98. The third-order valence-corrected chi connectivity index (χ3v) is 2.44. The maximum Gasteiger partial charge on any atom is 0.0659 e. The van der Waals surface area contributed by atoms with Crippen LogP contribution in [0.3, 0.4) is 0 Å². The second-order valence-electron chi connectivity index (χ2n) is 3.30. The zero-order valence-electron chi connectivity index (χ0n) is 6.88. The minimum atomic E-state index is 0.187. The van der Waals surface area contributed by atoms with Crippen LogP contribution in [0.15, 0.2) is 6.20 Å². The standard InChI is InChI=1S/C9H11N3/c10-5-7-2-1-3-8-6-11-12-9(8)4-7/h6-7H,1-4H2,(H,11,12)/t7-/m1/s1. The maximum absolute atomic E-state index is 8.79. The van der Waals surface area contributed by atoms with E-state index in [-0.39, 0.29) is 5.92 Å². The number of fused-ring (bicyclic) bond motifs is 1. The van der Waals surface area contributed by atoms with Crippen molar-refractivity contribution in [3.05, 3.63) is 17.5 Å². The van der Waals surface area contributed by atoms with Crippen molar-refractivity contribution in [1.82, 2.24) is 10.2 Å². The van der Waals surface area contributed by atoms with Crippen LogP contribution < -0.4 is 0 Å². The Kier molecular flexibility index (Phi) is 1.83. The molecule has 1 aromatic heterocycles. The van der Waals surface area contributed by atoms with Gasteiger partial charge < -0.3 is 0 Å². The molecule has 1 aliphatic rings. The molecule has 3 heteroatoms. The van der Waals surface area contributed by atoms with Crippen molar-refractivity contribution < 1.29 is 0 Å². The Hall–Kier alpha value is -1.30. The molecule has 0 aliphatic heterocycles. The average molecular weight is 161 g/mol. The Morgan fingerprint density at radius 1 is 1.67 bits per heavy atom. The Morgan fingerprint density at radius 3 is 3.42 bits per heavy atom. The van der Waals surface area contributed by atoms with Gasteiger partial charge in [0.15, 0.2) is 0 Å². The molecule has 2 rings (SSSR count). The van der Waals surface area contributed by atoms with Crippen molar-refractivity contribution in [1.29, 1.82) is 5.26 Å². The van der Waals surface area contributed by atoms with Crippen LogP contribution in [0, 0.1) is 17.2 Å². The smallest absolute Gasteiger partial charge is 0.0659 e. The van der Waals surface area contributed by atoms with Crippen LogP contribution in [0.5, 0.6) is 0 Å². The third kappa shape index (κ3) is 1.20. The predicted molar refractivity (Wildman–Crippen MR) is 44.3 cm³/mol. The van der Waals surface area contributed by atoms with Gasteiger partial charge in [-0.3, -0.25) is 5.10 Å². The van der Waals surface area contributed by atoms with Gasteiger partial charge in [-0.25, -0.2) is 0 Å². The van der Waals surface area contributed by atoms with Gasteiger partial charge >= 0.3 is 0 Å². The molecule has 0 amide bonds. The minimum absolute atomic E-state index is 0.187. The Balaban J connectivity index is 2.25. The number of nitriles is 1. The van der Waals surface area contributed by atoms with E-state index in [1.165, 1.54) is 11.3 Å². The molecular weight excluding hydrogens is 150 g/mol. The summed E-state index contributed by atoms with van der Waals surface area (Å²) < 4.78 is 0. The summed E-state index contributed by atoms with van der Waals surface area (Å²) in [6.07, 6.45) is 5.95. The van der Waals surface area contributed by atoms with Crippen LogP contribution in [0.25, 0.3) is 0 Å². The maximum atomic E-state index is 8.79. The molecule has 1 atom stereocenters. The highest BCUT2D eigenvalue weighted by Crippen LogP contribution is 2.21. The van der Waals surface area contributed by atoms with Crippen molar-refractivity contribution in [3.8, 4) is 6.07 Å². The number of aryl methyl sites for hydroxylation is 1. The number of nitrogens with one attached hydrogen (secondary N) is 1. The van der Waals surface area contributed by atoms with E-state index < -0.39 is 0 Å². The summed E-state index contributed by atoms with van der Waals surface area (Å²) in [6.45, 7) is 0. The molecule has 62 valence electrons. The fourth-order valence-electron chi connectivity index (χ4n) is 1.73. The summed E-state index contributed by atoms with van der Waals surface area (Å²) in [4.78, 5) is 0. The van der Waals surface area contributed by atoms with Gasteiger partial charge in [-0.05, 0) is 24.8 Å². The van der Waals surface area contributed by atoms with Gasteiger partial charge in [0.1, 0.15) is 0 Å². The van der Waals surface area contributed by atoms with Gasteiger partial charge in [0, 0.05) is 12.1 Å². The van der Waals surface area contributed by atoms with E-state index >= 15 is 0 Å². The van der Waals surface area contributed by atoms with Crippen LogP contribution in [0.2, 0.25) is 0 Å². The van der Waals surface area contributed by atoms with Crippen LogP contribution in [0.4, 0.5) is 0 Å². The van der Waals surface area contributed by atoms with Crippen LogP contribution >= 0.6 is 0 Å². The first-order chi connectivity index (χ1) is 5.90. The molecular formula is C9H11N3. The molecule has 0 spiro atoms. The van der Waals surface area contributed by atoms with Crippen LogP contribution in [0.1, 0.15) is 24.1 Å². The van der Waals surface area contributed by atoms with E-state index in [1.807, 2.05) is 6.20 Å². The normalized spacial score (nSPS) is 22.4. The molecule has 3 nitrogen and oxygen atoms in total. The van der Waals surface area contributed by atoms with Gasteiger partial charge in [-0.15, -0.1) is 0 Å². The Labute approximate surface area is 71.4 Å². The lowest BCUT2D eigenvalue weighted by molar-refractivity contribution is 0.585. The van der Waals surface area contributed by atoms with Gasteiger partial charge in [0.2, 0.25) is 0 Å². The van der Waals surface area contributed by atoms with E-state index in [4.69, 9.17) is 5.26 Å². The Morgan fingerprint density at radius 2 is 2.58 bits per heavy atom. The summed E-state index contributed by atoms with van der Waals surface area (Å²) in [7, 11) is 0. The number of aromatic amines is 1. The largest absolute Gasteiger partial charge is 0.282 e. The highest BCUT2D eigenvalue weighted by molar-refractivity contribution is 5.19. The van der Waals surface area contributed by atoms with Crippen molar-refractivity contribution in [2.45, 2.75) is 25.7 Å². The topological polar surface area (TPSA) is 52.5 Å². The third-order valence-electron chi connectivity index (χ3n) is 2.44. The molecule has 0 fully saturated rings. The molecule has 1 N–H and O–H groups in total. The summed E-state index contributed by atoms with van der Waals surface area (Å²) in [5.41, 5.74) is 2.46. The molecule has 1 heterocycles. The highest BCUT2D eigenvalue weighted by atomic mass is 15.1. The molecule has 0 saturated heterocycles. The van der Waals surface area contributed by atoms with Gasteiger partial charge in [0.05, 0.1) is 18.2 Å². The number of nitrogens with zero attached hydrogens (tertiary/aromatic N) is 2. The first-order valence-electron chi connectivity index (χ1n) is 4.31. The molecule has 0 aromatic carbocycles. The molecule has 0 radical (unpaired) electrons. The van der Waals surface area contributed by atoms with Crippen molar-refractivity contribution in [3.63, 3.8) is 0 Å². The average Bonchev–Trinajstić information content (AvgIpc) is 2.43. The van der Waals surface area contributed by atoms with E-state index in [9.17, 15) is 0 Å². The van der Waals surface area contributed by atoms with E-state index in [0.29, 0.717) is 0 Å². The molecule has 0 saturated carbocycles. The van der Waals surface area contributed by atoms with Crippen LogP contribution in [-0.4, -0.2) is 10.2 Å². The predicted octanol–water partition coefficient (Wildman–Crippen LogP) is 1.43. The summed E-state index contributed by atoms with van der Waals surface area (Å²) in [5, 5.41) is 15.7. The lowest BCUT2D eigenvalue weighted by Gasteiger charge is -2.01. The lowest BCUT2D eigenvalue weighted by Crippen LogP contribution is -2.00. The Bertz CT molecular complexity index is 308. The zero-order chi connectivity index (χ0) is 8.39. The monoisotopic (exact) mass is 161 g/mol. The number of H-pyrrole nitrogens is 1. The molecule has 1 aliphatic carbocycles. The summed E-state index contributed by atoms with van der Waals surface area (Å²) in [5.74, 6) is 0.187. The molecule has 12 heavy (non-hydrogen) atoms. The van der Waals surface area contributed by atoms with Crippen LogP contribution in [-0.2, 0) is 12.8 Å². The van der Waals surface area contributed by atoms with Gasteiger partial charge in [0.25, 0.3) is 0 Å². The summed E-state index contributed by atoms with van der Waals surface area (Å²) in [6, 6.07) is 2.33. The van der Waals surface area contributed by atoms with Crippen molar-refractivity contribution >= 4 is 0 Å². The number of hydrogen-bond donors (Lipinski definition) is 1.